The van der Waals surface area contributed by atoms with Crippen LogP contribution in [0.4, 0.5) is 0 Å². The van der Waals surface area contributed by atoms with Gasteiger partial charge in [-0.25, -0.2) is 0 Å². The van der Waals surface area contributed by atoms with Crippen LogP contribution in [0.5, 0.6) is 0 Å². The average Bonchev–Trinajstić information content (AvgIpc) is 2.03. The third-order valence-corrected chi connectivity index (χ3v) is 2.04. The van der Waals surface area contributed by atoms with E-state index in [0.29, 0.717) is 0 Å². The van der Waals surface area contributed by atoms with E-state index in [0.717, 1.165) is 17.7 Å². The largest absolute Gasteiger partial charge is 0.126 e. The van der Waals surface area contributed by atoms with Gasteiger partial charge in [0.1, 0.15) is 0 Å². The number of hydrogen-bond acceptors (Lipinski definition) is 0. The SMILES string of the molecule is C=C.CCC(CCl)CC(C)C. The van der Waals surface area contributed by atoms with Gasteiger partial charge in [-0.2, -0.15) is 0 Å². The molecule has 0 saturated heterocycles. The highest BCUT2D eigenvalue weighted by Crippen LogP contribution is 2.15. The summed E-state index contributed by atoms with van der Waals surface area (Å²) < 4.78 is 0. The van der Waals surface area contributed by atoms with Crippen molar-refractivity contribution in [2.24, 2.45) is 11.8 Å². The Bertz CT molecular complexity index is 65.3. The molecule has 1 unspecified atom stereocenters. The monoisotopic (exact) mass is 176 g/mol. The van der Waals surface area contributed by atoms with Crippen molar-refractivity contribution in [2.75, 3.05) is 5.88 Å². The van der Waals surface area contributed by atoms with E-state index in [1.807, 2.05) is 0 Å². The summed E-state index contributed by atoms with van der Waals surface area (Å²) in [4.78, 5) is 0. The van der Waals surface area contributed by atoms with E-state index < -0.39 is 0 Å². The summed E-state index contributed by atoms with van der Waals surface area (Å²) in [6, 6.07) is 0. The first-order valence-electron chi connectivity index (χ1n) is 4.26. The maximum absolute atomic E-state index is 5.71. The summed E-state index contributed by atoms with van der Waals surface area (Å²) in [6.45, 7) is 12.7. The highest BCUT2D eigenvalue weighted by molar-refractivity contribution is 6.18. The molecule has 1 atom stereocenters. The van der Waals surface area contributed by atoms with Gasteiger partial charge in [-0.05, 0) is 18.3 Å². The molecule has 1 heteroatoms. The van der Waals surface area contributed by atoms with Gasteiger partial charge in [0, 0.05) is 5.88 Å². The Hall–Kier alpha value is 0.0300. The molecule has 0 aliphatic rings. The van der Waals surface area contributed by atoms with Crippen LogP contribution in [0, 0.1) is 11.8 Å². The van der Waals surface area contributed by atoms with E-state index in [1.54, 1.807) is 0 Å². The molecule has 0 aromatic rings. The lowest BCUT2D eigenvalue weighted by molar-refractivity contribution is 0.433. The van der Waals surface area contributed by atoms with Crippen molar-refractivity contribution in [2.45, 2.75) is 33.6 Å². The van der Waals surface area contributed by atoms with Crippen LogP contribution in [0.1, 0.15) is 33.6 Å². The lowest BCUT2D eigenvalue weighted by Gasteiger charge is -2.12. The molecule has 0 N–H and O–H groups in total. The molecular formula is C10H21Cl. The minimum atomic E-state index is 0.742. The minimum absolute atomic E-state index is 0.742. The van der Waals surface area contributed by atoms with Gasteiger partial charge in [-0.3, -0.25) is 0 Å². The van der Waals surface area contributed by atoms with Crippen molar-refractivity contribution >= 4 is 11.6 Å². The van der Waals surface area contributed by atoms with E-state index in [9.17, 15) is 0 Å². The van der Waals surface area contributed by atoms with Crippen LogP contribution < -0.4 is 0 Å². The zero-order valence-corrected chi connectivity index (χ0v) is 8.82. The Kier molecular flexibility index (Phi) is 12.4. The van der Waals surface area contributed by atoms with Crippen molar-refractivity contribution in [1.82, 2.24) is 0 Å². The van der Waals surface area contributed by atoms with Crippen molar-refractivity contribution in [3.8, 4) is 0 Å². The normalized spacial score (nSPS) is 12.1. The molecule has 0 fully saturated rings. The van der Waals surface area contributed by atoms with Crippen LogP contribution >= 0.6 is 11.6 Å². The van der Waals surface area contributed by atoms with Crippen LogP contribution in [0.25, 0.3) is 0 Å². The lowest BCUT2D eigenvalue weighted by atomic mass is 9.97. The number of rotatable bonds is 4. The zero-order chi connectivity index (χ0) is 9.28. The second-order valence-electron chi connectivity index (χ2n) is 3.06. The maximum Gasteiger partial charge on any atom is 0.0251 e. The summed E-state index contributed by atoms with van der Waals surface area (Å²) in [5.41, 5.74) is 0. The smallest absolute Gasteiger partial charge is 0.0251 e. The standard InChI is InChI=1S/C8H17Cl.C2H4/c1-4-8(6-9)5-7(2)3;1-2/h7-8H,4-6H2,1-3H3;1-2H2. The third kappa shape index (κ3) is 10.0. The summed E-state index contributed by atoms with van der Waals surface area (Å²) in [6.07, 6.45) is 2.50. The van der Waals surface area contributed by atoms with Gasteiger partial charge in [-0.15, -0.1) is 24.8 Å². The molecule has 0 aliphatic carbocycles. The quantitative estimate of drug-likeness (QED) is 0.447. The summed E-state index contributed by atoms with van der Waals surface area (Å²) in [5, 5.41) is 0. The number of hydrogen-bond donors (Lipinski definition) is 0. The number of halogens is 1. The molecular weight excluding hydrogens is 156 g/mol. The summed E-state index contributed by atoms with van der Waals surface area (Å²) in [5.74, 6) is 2.37. The Labute approximate surface area is 76.6 Å². The lowest BCUT2D eigenvalue weighted by Crippen LogP contribution is -2.04. The van der Waals surface area contributed by atoms with E-state index in [1.165, 1.54) is 12.8 Å². The van der Waals surface area contributed by atoms with E-state index >= 15 is 0 Å². The predicted molar refractivity (Wildman–Crippen MR) is 55.2 cm³/mol. The van der Waals surface area contributed by atoms with Gasteiger partial charge in [-0.1, -0.05) is 27.2 Å². The van der Waals surface area contributed by atoms with Crippen LogP contribution in [-0.4, -0.2) is 5.88 Å². The topological polar surface area (TPSA) is 0 Å². The van der Waals surface area contributed by atoms with Gasteiger partial charge in [0.05, 0.1) is 0 Å². The maximum atomic E-state index is 5.71. The van der Waals surface area contributed by atoms with Gasteiger partial charge < -0.3 is 0 Å². The number of alkyl halides is 1. The molecule has 0 aromatic heterocycles. The molecule has 0 spiro atoms. The molecule has 0 bridgehead atoms. The first kappa shape index (κ1) is 13.6. The molecule has 11 heavy (non-hydrogen) atoms. The molecule has 0 rings (SSSR count). The molecule has 0 heterocycles. The van der Waals surface area contributed by atoms with Crippen molar-refractivity contribution in [3.63, 3.8) is 0 Å². The van der Waals surface area contributed by atoms with Crippen LogP contribution in [-0.2, 0) is 0 Å². The average molecular weight is 177 g/mol. The van der Waals surface area contributed by atoms with Gasteiger partial charge in [0.25, 0.3) is 0 Å². The van der Waals surface area contributed by atoms with Crippen molar-refractivity contribution in [1.29, 1.82) is 0 Å². The molecule has 0 aromatic carbocycles. The van der Waals surface area contributed by atoms with Crippen LogP contribution in [0.2, 0.25) is 0 Å². The third-order valence-electron chi connectivity index (χ3n) is 1.60. The highest BCUT2D eigenvalue weighted by atomic mass is 35.5. The first-order chi connectivity index (χ1) is 5.20. The molecule has 0 amide bonds. The second-order valence-corrected chi connectivity index (χ2v) is 3.37. The van der Waals surface area contributed by atoms with Gasteiger partial charge in [0.2, 0.25) is 0 Å². The van der Waals surface area contributed by atoms with Gasteiger partial charge >= 0.3 is 0 Å². The van der Waals surface area contributed by atoms with Crippen LogP contribution in [0.3, 0.4) is 0 Å². The van der Waals surface area contributed by atoms with Crippen molar-refractivity contribution in [3.05, 3.63) is 13.2 Å². The van der Waals surface area contributed by atoms with Crippen LogP contribution in [0.15, 0.2) is 13.2 Å². The molecule has 0 nitrogen and oxygen atoms in total. The Morgan fingerprint density at radius 3 is 1.82 bits per heavy atom. The van der Waals surface area contributed by atoms with Gasteiger partial charge in [0.15, 0.2) is 0 Å². The summed E-state index contributed by atoms with van der Waals surface area (Å²) in [7, 11) is 0. The van der Waals surface area contributed by atoms with E-state index in [-0.39, 0.29) is 0 Å². The molecule has 68 valence electrons. The fraction of sp³-hybridized carbons (Fsp3) is 0.800. The zero-order valence-electron chi connectivity index (χ0n) is 8.07. The predicted octanol–water partition coefficient (Wildman–Crippen LogP) is 4.10. The fourth-order valence-corrected chi connectivity index (χ4v) is 1.35. The minimum Gasteiger partial charge on any atom is -0.126 e. The Morgan fingerprint density at radius 1 is 1.27 bits per heavy atom. The Balaban J connectivity index is 0. The fourth-order valence-electron chi connectivity index (χ4n) is 1.01. The Morgan fingerprint density at radius 2 is 1.73 bits per heavy atom. The molecule has 0 saturated carbocycles. The van der Waals surface area contributed by atoms with E-state index in [4.69, 9.17) is 11.6 Å². The van der Waals surface area contributed by atoms with E-state index in [2.05, 4.69) is 33.9 Å². The molecule has 0 radical (unpaired) electrons. The summed E-state index contributed by atoms with van der Waals surface area (Å²) >= 11 is 5.71. The molecule has 0 aliphatic heterocycles. The highest BCUT2D eigenvalue weighted by Gasteiger charge is 2.05. The second kappa shape index (κ2) is 10.0. The first-order valence-corrected chi connectivity index (χ1v) is 4.80. The van der Waals surface area contributed by atoms with Crippen molar-refractivity contribution < 1.29 is 0 Å².